The molecule has 5 nitrogen and oxygen atoms in total. The van der Waals surface area contributed by atoms with E-state index in [1.54, 1.807) is 24.5 Å². The second-order valence-corrected chi connectivity index (χ2v) is 12.8. The van der Waals surface area contributed by atoms with Gasteiger partial charge >= 0.3 is 0 Å². The minimum Gasteiger partial charge on any atom is -0.236 e. The van der Waals surface area contributed by atoms with Crippen molar-refractivity contribution in [2.75, 3.05) is 0 Å². The Kier molecular flexibility index (Phi) is 7.81. The first kappa shape index (κ1) is 30.7. The molecule has 9 rings (SSSR count). The SMILES string of the molecule is N#Cc1ccc(-c2cnc(-c3ccc(-c4ncc(-c5cc(-c6ccc7ccccc7c6)cc(-c6ccc7ccccc7c6)c5)cn4)cc3)nc2)cc1. The van der Waals surface area contributed by atoms with E-state index in [1.165, 1.54) is 21.5 Å². The van der Waals surface area contributed by atoms with Gasteiger partial charge in [-0.1, -0.05) is 109 Å². The number of fused-ring (bicyclic) bond motifs is 2. The quantitative estimate of drug-likeness (QED) is 0.177. The summed E-state index contributed by atoms with van der Waals surface area (Å²) in [5, 5.41) is 13.9. The van der Waals surface area contributed by atoms with Crippen molar-refractivity contribution in [2.24, 2.45) is 0 Å². The van der Waals surface area contributed by atoms with Gasteiger partial charge in [0.1, 0.15) is 0 Å². The molecule has 0 aliphatic rings. The van der Waals surface area contributed by atoms with Gasteiger partial charge in [0.2, 0.25) is 0 Å². The lowest BCUT2D eigenvalue weighted by molar-refractivity contribution is 1.17. The molecule has 5 heteroatoms. The van der Waals surface area contributed by atoms with Crippen molar-refractivity contribution in [3.8, 4) is 73.4 Å². The van der Waals surface area contributed by atoms with E-state index in [4.69, 9.17) is 15.2 Å². The molecule has 0 saturated heterocycles. The maximum Gasteiger partial charge on any atom is 0.159 e. The summed E-state index contributed by atoms with van der Waals surface area (Å²) in [5.41, 5.74) is 10.9. The first-order valence-corrected chi connectivity index (χ1v) is 17.1. The molecule has 0 bridgehead atoms. The summed E-state index contributed by atoms with van der Waals surface area (Å²) < 4.78 is 0. The highest BCUT2D eigenvalue weighted by Crippen LogP contribution is 2.35. The van der Waals surface area contributed by atoms with Crippen LogP contribution in [0.5, 0.6) is 0 Å². The third-order valence-electron chi connectivity index (χ3n) is 9.48. The van der Waals surface area contributed by atoms with E-state index in [0.717, 1.165) is 55.6 Å². The minimum absolute atomic E-state index is 0.622. The highest BCUT2D eigenvalue weighted by Gasteiger charge is 2.11. The molecule has 0 aliphatic carbocycles. The van der Waals surface area contributed by atoms with Gasteiger partial charge in [-0.05, 0) is 97.4 Å². The summed E-state index contributed by atoms with van der Waals surface area (Å²) in [4.78, 5) is 18.8. The zero-order valence-electron chi connectivity index (χ0n) is 28.0. The zero-order valence-corrected chi connectivity index (χ0v) is 28.0. The first-order chi connectivity index (χ1) is 25.7. The maximum atomic E-state index is 9.07. The molecule has 7 aromatic carbocycles. The Hall–Kier alpha value is -7.29. The smallest absolute Gasteiger partial charge is 0.159 e. The van der Waals surface area contributed by atoms with Gasteiger partial charge in [0, 0.05) is 47.0 Å². The van der Waals surface area contributed by atoms with Crippen LogP contribution in [0, 0.1) is 11.3 Å². The van der Waals surface area contributed by atoms with Gasteiger partial charge in [0.05, 0.1) is 11.6 Å². The fourth-order valence-corrected chi connectivity index (χ4v) is 6.62. The van der Waals surface area contributed by atoms with Crippen molar-refractivity contribution in [1.82, 2.24) is 19.9 Å². The van der Waals surface area contributed by atoms with E-state index in [2.05, 4.69) is 119 Å². The second kappa shape index (κ2) is 13.2. The molecule has 0 atom stereocenters. The number of nitrogens with zero attached hydrogens (tertiary/aromatic N) is 5. The molecule has 2 aromatic heterocycles. The van der Waals surface area contributed by atoms with Crippen LogP contribution >= 0.6 is 0 Å². The maximum absolute atomic E-state index is 9.07. The Balaban J connectivity index is 1.02. The van der Waals surface area contributed by atoms with Crippen molar-refractivity contribution in [3.63, 3.8) is 0 Å². The zero-order chi connectivity index (χ0) is 34.9. The number of nitriles is 1. The molecule has 52 heavy (non-hydrogen) atoms. The van der Waals surface area contributed by atoms with Crippen molar-refractivity contribution in [1.29, 1.82) is 5.26 Å². The number of hydrogen-bond acceptors (Lipinski definition) is 5. The van der Waals surface area contributed by atoms with Gasteiger partial charge in [0.25, 0.3) is 0 Å². The summed E-state index contributed by atoms with van der Waals surface area (Å²) in [6, 6.07) is 54.5. The Morgan fingerprint density at radius 2 is 0.673 bits per heavy atom. The van der Waals surface area contributed by atoms with Crippen molar-refractivity contribution in [3.05, 3.63) is 182 Å². The fraction of sp³-hybridized carbons (Fsp3) is 0. The monoisotopic (exact) mass is 663 g/mol. The molecule has 0 aliphatic heterocycles. The number of benzene rings is 7. The fourth-order valence-electron chi connectivity index (χ4n) is 6.62. The number of rotatable bonds is 6. The van der Waals surface area contributed by atoms with Crippen LogP contribution in [0.15, 0.2) is 176 Å². The van der Waals surface area contributed by atoms with Crippen LogP contribution in [-0.4, -0.2) is 19.9 Å². The van der Waals surface area contributed by atoms with E-state index in [-0.39, 0.29) is 0 Å². The summed E-state index contributed by atoms with van der Waals surface area (Å²) in [6.45, 7) is 0. The predicted octanol–water partition coefficient (Wildman–Crippen LogP) is 11.4. The normalized spacial score (nSPS) is 11.1. The molecule has 9 aromatic rings. The van der Waals surface area contributed by atoms with Crippen LogP contribution in [0.25, 0.3) is 88.8 Å². The molecular weight excluding hydrogens is 635 g/mol. The number of hydrogen-bond donors (Lipinski definition) is 0. The van der Waals surface area contributed by atoms with E-state index >= 15 is 0 Å². The van der Waals surface area contributed by atoms with E-state index < -0.39 is 0 Å². The molecule has 0 N–H and O–H groups in total. The summed E-state index contributed by atoms with van der Waals surface area (Å²) in [6.07, 6.45) is 7.43. The Bertz CT molecular complexity index is 2670. The van der Waals surface area contributed by atoms with Gasteiger partial charge in [-0.3, -0.25) is 0 Å². The average Bonchev–Trinajstić information content (AvgIpc) is 3.23. The summed E-state index contributed by atoms with van der Waals surface area (Å²) in [5.74, 6) is 1.28. The standard InChI is InChI=1S/C47H29N5/c48-26-31-9-11-34(12-10-31)44-27-49-46(50-28-44)35-15-17-36(18-16-35)47-51-29-45(30-52-47)43-24-41(39-19-13-32-5-1-3-7-37(32)21-39)23-42(25-43)40-20-14-33-6-2-4-8-38(33)22-40/h1-25,27-30H. The van der Waals surface area contributed by atoms with Crippen molar-refractivity contribution in [2.45, 2.75) is 0 Å². The van der Waals surface area contributed by atoms with Crippen LogP contribution < -0.4 is 0 Å². The van der Waals surface area contributed by atoms with Gasteiger partial charge < -0.3 is 0 Å². The topological polar surface area (TPSA) is 75.3 Å². The highest BCUT2D eigenvalue weighted by molar-refractivity contribution is 5.91. The first-order valence-electron chi connectivity index (χ1n) is 17.1. The van der Waals surface area contributed by atoms with Crippen LogP contribution in [0.3, 0.4) is 0 Å². The van der Waals surface area contributed by atoms with Crippen LogP contribution in [0.1, 0.15) is 5.56 Å². The molecule has 0 fully saturated rings. The molecule has 2 heterocycles. The average molecular weight is 664 g/mol. The van der Waals surface area contributed by atoms with Crippen molar-refractivity contribution >= 4 is 21.5 Å². The molecule has 0 saturated carbocycles. The van der Waals surface area contributed by atoms with Crippen LogP contribution in [0.4, 0.5) is 0 Å². The molecule has 242 valence electrons. The minimum atomic E-state index is 0.622. The molecular formula is C47H29N5. The van der Waals surface area contributed by atoms with Gasteiger partial charge in [-0.25, -0.2) is 19.9 Å². The third-order valence-corrected chi connectivity index (χ3v) is 9.48. The van der Waals surface area contributed by atoms with Crippen LogP contribution in [0.2, 0.25) is 0 Å². The molecule has 0 spiro atoms. The largest absolute Gasteiger partial charge is 0.236 e. The van der Waals surface area contributed by atoms with Gasteiger partial charge in [-0.2, -0.15) is 5.26 Å². The Labute approximate surface area is 301 Å². The number of aromatic nitrogens is 4. The lowest BCUT2D eigenvalue weighted by atomic mass is 9.92. The van der Waals surface area contributed by atoms with E-state index in [9.17, 15) is 0 Å². The van der Waals surface area contributed by atoms with Crippen molar-refractivity contribution < 1.29 is 0 Å². The molecule has 0 amide bonds. The Morgan fingerprint density at radius 3 is 1.12 bits per heavy atom. The molecule has 0 radical (unpaired) electrons. The van der Waals surface area contributed by atoms with Gasteiger partial charge in [0.15, 0.2) is 11.6 Å². The molecule has 0 unspecified atom stereocenters. The second-order valence-electron chi connectivity index (χ2n) is 12.8. The summed E-state index contributed by atoms with van der Waals surface area (Å²) >= 11 is 0. The summed E-state index contributed by atoms with van der Waals surface area (Å²) in [7, 11) is 0. The lowest BCUT2D eigenvalue weighted by Gasteiger charge is -2.13. The Morgan fingerprint density at radius 1 is 0.308 bits per heavy atom. The van der Waals surface area contributed by atoms with E-state index in [0.29, 0.717) is 17.2 Å². The predicted molar refractivity (Wildman–Crippen MR) is 210 cm³/mol. The van der Waals surface area contributed by atoms with Gasteiger partial charge in [-0.15, -0.1) is 0 Å². The third kappa shape index (κ3) is 6.06. The highest BCUT2D eigenvalue weighted by atomic mass is 14.9. The van der Waals surface area contributed by atoms with Crippen LogP contribution in [-0.2, 0) is 0 Å². The van der Waals surface area contributed by atoms with E-state index in [1.807, 2.05) is 48.8 Å². The lowest BCUT2D eigenvalue weighted by Crippen LogP contribution is -1.93.